The maximum atomic E-state index is 14.3. The largest absolute Gasteiger partial charge is 0.352 e. The molecule has 7 aromatic rings. The second kappa shape index (κ2) is 20.8. The molecule has 78 heavy (non-hydrogen) atoms. The molecule has 3 heterocycles. The van der Waals surface area contributed by atoms with Gasteiger partial charge in [-0.25, -0.2) is 4.90 Å². The normalized spacial score (nSPS) is 13.7. The zero-order valence-corrected chi connectivity index (χ0v) is 40.9. The van der Waals surface area contributed by atoms with Crippen molar-refractivity contribution in [1.82, 2.24) is 31.1 Å². The van der Waals surface area contributed by atoms with Gasteiger partial charge >= 0.3 is 0 Å². The van der Waals surface area contributed by atoms with Crippen molar-refractivity contribution in [3.63, 3.8) is 0 Å². The van der Waals surface area contributed by atoms with E-state index in [1.165, 1.54) is 54.6 Å². The van der Waals surface area contributed by atoms with Crippen molar-refractivity contribution in [2.24, 2.45) is 0 Å². The fourth-order valence-electron chi connectivity index (χ4n) is 10.1. The average molecular weight is 1050 g/mol. The zero-order chi connectivity index (χ0) is 55.1. The second-order valence-electron chi connectivity index (χ2n) is 18.4. The van der Waals surface area contributed by atoms with Crippen LogP contribution in [0.15, 0.2) is 109 Å². The number of imide groups is 3. The molecule has 0 fully saturated rings. The van der Waals surface area contributed by atoms with Gasteiger partial charge in [0.1, 0.15) is 5.56 Å². The Hall–Kier alpha value is -10.2. The van der Waals surface area contributed by atoms with E-state index in [1.54, 1.807) is 42.5 Å². The Kier molecular flexibility index (Phi) is 13.7. The highest BCUT2D eigenvalue weighted by Crippen LogP contribution is 2.39. The number of hydrogen-bond acceptors (Lipinski definition) is 16. The average Bonchev–Trinajstić information content (AvgIpc) is 3.57. The number of nitrogens with zero attached hydrogens (tertiary/aromatic N) is 6. The van der Waals surface area contributed by atoms with Crippen LogP contribution in [0.4, 0.5) is 22.7 Å². The molecule has 0 radical (unpaired) electrons. The number of anilines is 1. The van der Waals surface area contributed by atoms with Gasteiger partial charge < -0.3 is 21.3 Å². The summed E-state index contributed by atoms with van der Waals surface area (Å²) in [6.45, 7) is 0.806. The molecule has 0 spiro atoms. The molecule has 3 aliphatic heterocycles. The molecule has 7 aromatic carbocycles. The predicted molar refractivity (Wildman–Crippen MR) is 280 cm³/mol. The summed E-state index contributed by atoms with van der Waals surface area (Å²) in [5, 5.41) is 49.0. The zero-order valence-electron chi connectivity index (χ0n) is 40.9. The lowest BCUT2D eigenvalue weighted by Crippen LogP contribution is -2.44. The summed E-state index contributed by atoms with van der Waals surface area (Å²) in [7, 11) is 0. The number of carbonyl (C=O) groups is 8. The fourth-order valence-corrected chi connectivity index (χ4v) is 10.1. The molecule has 24 nitrogen and oxygen atoms in total. The van der Waals surface area contributed by atoms with Crippen LogP contribution in [0.5, 0.6) is 0 Å². The van der Waals surface area contributed by atoms with Crippen LogP contribution in [0, 0.1) is 30.3 Å². The first kappa shape index (κ1) is 51.3. The molecule has 0 aliphatic carbocycles. The van der Waals surface area contributed by atoms with E-state index in [2.05, 4.69) is 21.3 Å². The number of amides is 8. The Morgan fingerprint density at radius 1 is 0.436 bits per heavy atom. The van der Waals surface area contributed by atoms with E-state index in [9.17, 15) is 68.7 Å². The molecule has 0 aromatic heterocycles. The lowest BCUT2D eigenvalue weighted by Gasteiger charge is -2.27. The summed E-state index contributed by atoms with van der Waals surface area (Å²) in [6.07, 6.45) is 0.698. The van der Waals surface area contributed by atoms with Gasteiger partial charge in [-0.1, -0.05) is 36.4 Å². The van der Waals surface area contributed by atoms with Gasteiger partial charge in [-0.05, 0) is 84.6 Å². The van der Waals surface area contributed by atoms with Gasteiger partial charge in [-0.15, -0.1) is 0 Å². The van der Waals surface area contributed by atoms with Gasteiger partial charge in [0.15, 0.2) is 0 Å². The Morgan fingerprint density at radius 2 is 0.936 bits per heavy atom. The number of rotatable bonds is 20. The van der Waals surface area contributed by atoms with E-state index in [4.69, 9.17) is 0 Å². The maximum absolute atomic E-state index is 14.3. The standard InChI is InChI=1S/C54H42N10O14/c65-47(57-16-4-14-55-15-5-20-59-49(67)37-9-2-7-30-23-35(62(73)74)27-40(43(30)37)51(59)69)32-22-33(26-34(25-32)61-53(71)39-11-1-6-29-12-13-42(64(77)78)46(45(29)39)54(61)72)48(66)58-18-17-56-19-21-60-50(68)38-10-3-8-31-24-36(63(75)76)28-41(44(31)38)52(60)70/h1-3,6-13,22-28,55-56H,4-5,14-21H2,(H,57,65)(H,58,66). The molecule has 10 rings (SSSR count). The van der Waals surface area contributed by atoms with Gasteiger partial charge in [0, 0.05) is 114 Å². The number of nitro benzene ring substituents is 3. The molecule has 24 heteroatoms. The second-order valence-corrected chi connectivity index (χ2v) is 18.4. The maximum Gasteiger partial charge on any atom is 0.282 e. The van der Waals surface area contributed by atoms with E-state index in [-0.39, 0.29) is 106 Å². The summed E-state index contributed by atoms with van der Waals surface area (Å²) >= 11 is 0. The van der Waals surface area contributed by atoms with Gasteiger partial charge in [-0.2, -0.15) is 0 Å². The van der Waals surface area contributed by atoms with Crippen molar-refractivity contribution >= 4 is 102 Å². The third kappa shape index (κ3) is 9.25. The lowest BCUT2D eigenvalue weighted by molar-refractivity contribution is -0.385. The van der Waals surface area contributed by atoms with Crippen molar-refractivity contribution in [2.45, 2.75) is 12.8 Å². The monoisotopic (exact) mass is 1050 g/mol. The molecule has 0 unspecified atom stereocenters. The van der Waals surface area contributed by atoms with Crippen molar-refractivity contribution in [2.75, 3.05) is 57.3 Å². The summed E-state index contributed by atoms with van der Waals surface area (Å²) in [6, 6.07) is 25.2. The Bertz CT molecular complexity index is 3860. The van der Waals surface area contributed by atoms with Crippen LogP contribution in [-0.2, 0) is 0 Å². The number of benzene rings is 7. The first-order valence-corrected chi connectivity index (χ1v) is 24.4. The molecule has 8 amide bonds. The smallest absolute Gasteiger partial charge is 0.282 e. The van der Waals surface area contributed by atoms with Crippen molar-refractivity contribution in [3.05, 3.63) is 184 Å². The van der Waals surface area contributed by atoms with E-state index in [0.717, 1.165) is 21.9 Å². The highest BCUT2D eigenvalue weighted by Gasteiger charge is 2.40. The van der Waals surface area contributed by atoms with Crippen molar-refractivity contribution in [1.29, 1.82) is 0 Å². The minimum atomic E-state index is -1.06. The number of carbonyl (C=O) groups excluding carboxylic acids is 8. The highest BCUT2D eigenvalue weighted by atomic mass is 16.6. The molecular formula is C54H42N10O14. The molecule has 0 saturated carbocycles. The molecule has 0 bridgehead atoms. The molecule has 3 aliphatic rings. The van der Waals surface area contributed by atoms with Crippen molar-refractivity contribution in [3.8, 4) is 0 Å². The highest BCUT2D eigenvalue weighted by molar-refractivity contribution is 6.37. The van der Waals surface area contributed by atoms with E-state index >= 15 is 0 Å². The van der Waals surface area contributed by atoms with E-state index in [0.29, 0.717) is 57.8 Å². The quantitative estimate of drug-likeness (QED) is 0.0309. The molecule has 4 N–H and O–H groups in total. The summed E-state index contributed by atoms with van der Waals surface area (Å²) in [4.78, 5) is 146. The number of non-ortho nitro benzene ring substituents is 2. The number of nitrogens with one attached hydrogen (secondary N) is 4. The lowest BCUT2D eigenvalue weighted by atomic mass is 9.92. The Balaban J connectivity index is 0.783. The van der Waals surface area contributed by atoms with Gasteiger partial charge in [0.05, 0.1) is 31.6 Å². The summed E-state index contributed by atoms with van der Waals surface area (Å²) < 4.78 is 0. The van der Waals surface area contributed by atoms with Crippen LogP contribution in [0.25, 0.3) is 32.3 Å². The number of nitro groups is 3. The minimum Gasteiger partial charge on any atom is -0.352 e. The predicted octanol–water partition coefficient (Wildman–Crippen LogP) is 5.68. The van der Waals surface area contributed by atoms with Gasteiger partial charge in [0.2, 0.25) is 0 Å². The minimum absolute atomic E-state index is 0.0173. The van der Waals surface area contributed by atoms with Crippen LogP contribution in [0.3, 0.4) is 0 Å². The first-order chi connectivity index (χ1) is 37.5. The van der Waals surface area contributed by atoms with Gasteiger partial charge in [0.25, 0.3) is 64.3 Å². The van der Waals surface area contributed by atoms with Crippen LogP contribution < -0.4 is 26.2 Å². The topological polar surface area (TPSA) is 324 Å². The van der Waals surface area contributed by atoms with Crippen LogP contribution in [-0.4, -0.2) is 124 Å². The Morgan fingerprint density at radius 3 is 1.50 bits per heavy atom. The number of hydrogen-bond donors (Lipinski definition) is 4. The van der Waals surface area contributed by atoms with Crippen LogP contribution in [0.1, 0.15) is 95.7 Å². The first-order valence-electron chi connectivity index (χ1n) is 24.4. The summed E-state index contributed by atoms with van der Waals surface area (Å²) in [5.74, 6) is -5.80. The third-order valence-corrected chi connectivity index (χ3v) is 13.7. The van der Waals surface area contributed by atoms with E-state index < -0.39 is 67.7 Å². The van der Waals surface area contributed by atoms with Crippen molar-refractivity contribution < 1.29 is 53.1 Å². The third-order valence-electron chi connectivity index (χ3n) is 13.7. The molecular weight excluding hydrogens is 1010 g/mol. The summed E-state index contributed by atoms with van der Waals surface area (Å²) in [5.41, 5.74) is -1.50. The Labute approximate surface area is 439 Å². The molecule has 0 atom stereocenters. The SMILES string of the molecule is O=C(NCCCNCCCN1C(=O)c2cccc3cc([N+](=O)[O-])cc(c23)C1=O)c1cc(C(=O)NCCNCCN2C(=O)c3cccc4cc([N+](=O)[O-])cc(c34)C2=O)cc(N2C(=O)c3cccc4ccc([N+](=O)[O-])c(c34)C2=O)c1. The van der Waals surface area contributed by atoms with E-state index in [1.807, 2.05) is 0 Å². The fraction of sp³-hybridized carbons (Fsp3) is 0.185. The molecule has 0 saturated heterocycles. The molecule has 392 valence electrons. The van der Waals surface area contributed by atoms with Crippen LogP contribution in [0.2, 0.25) is 0 Å². The van der Waals surface area contributed by atoms with Crippen LogP contribution >= 0.6 is 0 Å². The van der Waals surface area contributed by atoms with Gasteiger partial charge in [-0.3, -0.25) is 78.5 Å².